The molecule has 5 heteroatoms. The fourth-order valence-corrected chi connectivity index (χ4v) is 1.08. The zero-order chi connectivity index (χ0) is 6.78. The Morgan fingerprint density at radius 1 is 1.50 bits per heavy atom. The molecule has 0 spiro atoms. The van der Waals surface area contributed by atoms with Crippen LogP contribution < -0.4 is 9.86 Å². The van der Waals surface area contributed by atoms with Crippen molar-refractivity contribution in [1.82, 2.24) is 4.72 Å². The van der Waals surface area contributed by atoms with Gasteiger partial charge in [-0.15, -0.1) is 0 Å². The topological polar surface area (TPSA) is 73.8 Å². The van der Waals surface area contributed by atoms with Crippen molar-refractivity contribution in [2.24, 2.45) is 0 Å². The Bertz CT molecular complexity index is 149. The predicted molar refractivity (Wildman–Crippen MR) is 30.1 cm³/mol. The molecule has 0 saturated heterocycles. The van der Waals surface area contributed by atoms with Crippen LogP contribution in [0.3, 0.4) is 0 Å². The van der Waals surface area contributed by atoms with Crippen molar-refractivity contribution in [3.05, 3.63) is 0 Å². The van der Waals surface area contributed by atoms with E-state index in [2.05, 4.69) is 9.86 Å². The monoisotopic (exact) mass is 139 g/mol. The molecule has 0 atom stereocenters. The maximum absolute atomic E-state index is 10.2. The fraction of sp³-hybridized carbons (Fsp3) is 1.00. The van der Waals surface area contributed by atoms with E-state index in [0.717, 1.165) is 0 Å². The summed E-state index contributed by atoms with van der Waals surface area (Å²) in [5, 5.41) is 2.87. The highest BCUT2D eigenvalue weighted by molar-refractivity contribution is 7.82. The molecule has 0 heterocycles. The molecule has 50 valence electrons. The summed E-state index contributed by atoms with van der Waals surface area (Å²) in [6, 6.07) is -0.0579. The number of quaternary nitrogens is 1. The van der Waals surface area contributed by atoms with E-state index in [1.807, 2.05) is 0 Å². The Morgan fingerprint density at radius 3 is 1.88 bits per heavy atom. The smallest absolute Gasteiger partial charge is 0.238 e. The average Bonchev–Trinajstić information content (AvgIpc) is 1.21. The second kappa shape index (κ2) is 2.43. The van der Waals surface area contributed by atoms with E-state index >= 15 is 0 Å². The maximum atomic E-state index is 10.2. The normalized spacial score (nSPS) is 12.5. The van der Waals surface area contributed by atoms with Crippen molar-refractivity contribution >= 4 is 10.2 Å². The van der Waals surface area contributed by atoms with Gasteiger partial charge in [0, 0.05) is 6.04 Å². The first-order valence-corrected chi connectivity index (χ1v) is 3.92. The molecule has 0 unspecified atom stereocenters. The molecule has 0 aliphatic carbocycles. The maximum Gasteiger partial charge on any atom is 0.365 e. The summed E-state index contributed by atoms with van der Waals surface area (Å²) in [7, 11) is -3.22. The lowest BCUT2D eigenvalue weighted by molar-refractivity contribution is -0.168. The van der Waals surface area contributed by atoms with Gasteiger partial charge in [0.2, 0.25) is 0 Å². The number of nitrogens with one attached hydrogen (secondary N) is 1. The summed E-state index contributed by atoms with van der Waals surface area (Å²) in [4.78, 5) is 0. The van der Waals surface area contributed by atoms with Gasteiger partial charge in [0.1, 0.15) is 0 Å². The molecule has 0 radical (unpaired) electrons. The van der Waals surface area contributed by atoms with E-state index in [1.54, 1.807) is 13.8 Å². The lowest BCUT2D eigenvalue weighted by Gasteiger charge is -1.99. The van der Waals surface area contributed by atoms with Gasteiger partial charge < -0.3 is 0 Å². The van der Waals surface area contributed by atoms with E-state index in [1.165, 1.54) is 0 Å². The van der Waals surface area contributed by atoms with E-state index in [0.29, 0.717) is 0 Å². The van der Waals surface area contributed by atoms with Crippen LogP contribution in [0.4, 0.5) is 0 Å². The second-order valence-corrected chi connectivity index (χ2v) is 3.35. The lowest BCUT2D eigenvalue weighted by atomic mass is 10.4. The van der Waals surface area contributed by atoms with Crippen LogP contribution in [0.5, 0.6) is 0 Å². The predicted octanol–water partition coefficient (Wildman–Crippen LogP) is -1.53. The Kier molecular flexibility index (Phi) is 2.39. The first-order chi connectivity index (χ1) is 3.42. The molecule has 0 aromatic heterocycles. The minimum Gasteiger partial charge on any atom is -0.238 e. The van der Waals surface area contributed by atoms with Crippen LogP contribution in [-0.2, 0) is 10.2 Å². The van der Waals surface area contributed by atoms with Crippen LogP contribution in [0.2, 0.25) is 0 Å². The van der Waals surface area contributed by atoms with Gasteiger partial charge in [-0.25, -0.2) is 5.14 Å². The standard InChI is InChI=1S/C3H10N2O2S/c1-3(2)5-8(4,6)7/h3,5H,1-2H3,(H2,4,6,7)/p+1. The van der Waals surface area contributed by atoms with Gasteiger partial charge in [0.05, 0.1) is 0 Å². The van der Waals surface area contributed by atoms with Gasteiger partial charge in [-0.2, -0.15) is 13.1 Å². The lowest BCUT2D eigenvalue weighted by Crippen LogP contribution is -2.64. The van der Waals surface area contributed by atoms with Crippen LogP contribution in [-0.4, -0.2) is 14.5 Å². The molecule has 0 saturated carbocycles. The molecular formula is C3H11N2O2S+. The molecule has 0 amide bonds. The van der Waals surface area contributed by atoms with Crippen LogP contribution in [0.1, 0.15) is 13.8 Å². The van der Waals surface area contributed by atoms with E-state index in [9.17, 15) is 8.42 Å². The third-order valence-corrected chi connectivity index (χ3v) is 1.25. The Balaban J connectivity index is 3.75. The highest BCUT2D eigenvalue weighted by Gasteiger charge is 2.05. The van der Waals surface area contributed by atoms with Crippen LogP contribution in [0.15, 0.2) is 0 Å². The Morgan fingerprint density at radius 2 is 1.88 bits per heavy atom. The molecule has 4 nitrogen and oxygen atoms in total. The number of rotatable bonds is 2. The third kappa shape index (κ3) is 5.87. The van der Waals surface area contributed by atoms with E-state index in [4.69, 9.17) is 0 Å². The van der Waals surface area contributed by atoms with Gasteiger partial charge in [0.15, 0.2) is 0 Å². The molecule has 0 bridgehead atoms. The summed E-state index contributed by atoms with van der Waals surface area (Å²) < 4.78 is 22.7. The highest BCUT2D eigenvalue weighted by atomic mass is 32.2. The molecule has 0 fully saturated rings. The van der Waals surface area contributed by atoms with Crippen molar-refractivity contribution in [2.45, 2.75) is 19.9 Å². The molecule has 0 aliphatic rings. The Labute approximate surface area is 49.3 Å². The van der Waals surface area contributed by atoms with Crippen molar-refractivity contribution in [1.29, 1.82) is 0 Å². The van der Waals surface area contributed by atoms with E-state index < -0.39 is 10.2 Å². The van der Waals surface area contributed by atoms with E-state index in [-0.39, 0.29) is 6.04 Å². The molecule has 0 aromatic rings. The minimum absolute atomic E-state index is 0.0579. The van der Waals surface area contributed by atoms with Crippen molar-refractivity contribution in [2.75, 3.05) is 0 Å². The minimum atomic E-state index is -3.22. The number of hydrogen-bond donors (Lipinski definition) is 2. The van der Waals surface area contributed by atoms with Crippen molar-refractivity contribution in [3.63, 3.8) is 0 Å². The molecule has 8 heavy (non-hydrogen) atoms. The first kappa shape index (κ1) is 7.87. The van der Waals surface area contributed by atoms with Gasteiger partial charge in [0.25, 0.3) is 0 Å². The third-order valence-electron chi connectivity index (χ3n) is 0.415. The Hall–Kier alpha value is -0.130. The van der Waals surface area contributed by atoms with Crippen LogP contribution in [0, 0.1) is 0 Å². The van der Waals surface area contributed by atoms with Gasteiger partial charge in [-0.05, 0) is 13.8 Å². The SMILES string of the molecule is CC(C)NS([NH3+])(=O)=O. The van der Waals surface area contributed by atoms with Crippen molar-refractivity contribution in [3.8, 4) is 0 Å². The highest BCUT2D eigenvalue weighted by Crippen LogP contribution is 1.74. The summed E-state index contributed by atoms with van der Waals surface area (Å²) in [6.45, 7) is 3.48. The average molecular weight is 139 g/mol. The molecular weight excluding hydrogens is 128 g/mol. The summed E-state index contributed by atoms with van der Waals surface area (Å²) in [5.41, 5.74) is 0. The molecule has 4 N–H and O–H groups in total. The zero-order valence-corrected chi connectivity index (χ0v) is 5.83. The van der Waals surface area contributed by atoms with Crippen LogP contribution >= 0.6 is 0 Å². The second-order valence-electron chi connectivity index (χ2n) is 1.89. The van der Waals surface area contributed by atoms with Crippen LogP contribution in [0.25, 0.3) is 0 Å². The fourth-order valence-electron chi connectivity index (χ4n) is 0.359. The zero-order valence-electron chi connectivity index (χ0n) is 5.01. The first-order valence-electron chi connectivity index (χ1n) is 2.27. The molecule has 0 rings (SSSR count). The molecule has 0 aliphatic heterocycles. The summed E-state index contributed by atoms with van der Waals surface area (Å²) >= 11 is 0. The van der Waals surface area contributed by atoms with Gasteiger partial charge in [-0.3, -0.25) is 0 Å². The summed E-state index contributed by atoms with van der Waals surface area (Å²) in [5.74, 6) is 0. The quantitative estimate of drug-likeness (QED) is 0.487. The molecule has 0 aromatic carbocycles. The van der Waals surface area contributed by atoms with Crippen molar-refractivity contribution < 1.29 is 13.6 Å². The van der Waals surface area contributed by atoms with Gasteiger partial charge >= 0.3 is 10.2 Å². The number of hydrogen-bond acceptors (Lipinski definition) is 2. The van der Waals surface area contributed by atoms with Gasteiger partial charge in [-0.1, -0.05) is 0 Å². The largest absolute Gasteiger partial charge is 0.365 e. The summed E-state index contributed by atoms with van der Waals surface area (Å²) in [6.07, 6.45) is 0.